The molecule has 0 amide bonds. The maximum absolute atomic E-state index is 13.9. The summed E-state index contributed by atoms with van der Waals surface area (Å²) in [6, 6.07) is 13.8. The highest BCUT2D eigenvalue weighted by Gasteiger charge is 2.44. The summed E-state index contributed by atoms with van der Waals surface area (Å²) in [6.07, 6.45) is 1.95. The number of hydrogen-bond donors (Lipinski definition) is 1. The van der Waals surface area contributed by atoms with Crippen molar-refractivity contribution in [3.8, 4) is 11.5 Å². The van der Waals surface area contributed by atoms with E-state index in [1.165, 1.54) is 37.5 Å². The fourth-order valence-corrected chi connectivity index (χ4v) is 6.78. The molecule has 5 atom stereocenters. The second-order valence-corrected chi connectivity index (χ2v) is 12.2. The molecule has 2 aliphatic rings. The van der Waals surface area contributed by atoms with Crippen LogP contribution in [-0.2, 0) is 35.4 Å². The molecule has 0 bridgehead atoms. The van der Waals surface area contributed by atoms with Crippen LogP contribution in [-0.4, -0.2) is 82.3 Å². The summed E-state index contributed by atoms with van der Waals surface area (Å²) in [5, 5.41) is 11.5. The molecule has 42 heavy (non-hydrogen) atoms. The molecule has 0 aliphatic carbocycles. The van der Waals surface area contributed by atoms with Gasteiger partial charge in [-0.2, -0.15) is 4.31 Å². The molecule has 2 fully saturated rings. The summed E-state index contributed by atoms with van der Waals surface area (Å²) in [7, 11) is -2.70. The second kappa shape index (κ2) is 14.8. The molecule has 0 spiro atoms. The Morgan fingerprint density at radius 3 is 2.67 bits per heavy atom. The van der Waals surface area contributed by atoms with Gasteiger partial charge in [0.05, 0.1) is 38.8 Å². The van der Waals surface area contributed by atoms with Gasteiger partial charge in [0.1, 0.15) is 29.1 Å². The van der Waals surface area contributed by atoms with Crippen molar-refractivity contribution in [3.63, 3.8) is 0 Å². The fourth-order valence-electron chi connectivity index (χ4n) is 5.24. The zero-order valence-corrected chi connectivity index (χ0v) is 24.6. The Balaban J connectivity index is 1.54. The molecule has 4 rings (SSSR count). The number of methoxy groups -OCH3 is 1. The zero-order chi connectivity index (χ0) is 30.1. The number of benzene rings is 2. The van der Waals surface area contributed by atoms with Crippen LogP contribution in [0, 0.1) is 11.8 Å². The standard InChI is InChI=1S/C31H39NO9S/c1-4-14-32(42(35,36)29-12-11-24(37-3)19-27(29)38-15-5-2)20-26(33)23(17-22-9-7-6-8-10-22)18-30(34)41-28-21-40-31-25(28)13-16-39-31/h4-12,19,23,25-26,28,31,33H,1-2,13-18,20-21H2,3H3/t23-,25?,26-,28?,31-/m1/s1. The molecule has 2 saturated heterocycles. The summed E-state index contributed by atoms with van der Waals surface area (Å²) in [4.78, 5) is 13.0. The lowest BCUT2D eigenvalue weighted by atomic mass is 9.90. The van der Waals surface area contributed by atoms with Crippen molar-refractivity contribution >= 4 is 16.0 Å². The van der Waals surface area contributed by atoms with Gasteiger partial charge < -0.3 is 28.8 Å². The van der Waals surface area contributed by atoms with Crippen LogP contribution < -0.4 is 9.47 Å². The minimum atomic E-state index is -4.17. The first kappa shape index (κ1) is 31.7. The average molecular weight is 602 g/mol. The normalized spacial score (nSPS) is 21.4. The van der Waals surface area contributed by atoms with Crippen molar-refractivity contribution in [3.05, 3.63) is 79.4 Å². The van der Waals surface area contributed by atoms with Gasteiger partial charge in [-0.05, 0) is 30.5 Å². The molecule has 0 saturated carbocycles. The number of hydrogen-bond acceptors (Lipinski definition) is 9. The van der Waals surface area contributed by atoms with Gasteiger partial charge in [0.15, 0.2) is 6.29 Å². The van der Waals surface area contributed by atoms with Crippen molar-refractivity contribution in [2.45, 2.75) is 42.7 Å². The van der Waals surface area contributed by atoms with E-state index in [0.717, 1.165) is 16.3 Å². The van der Waals surface area contributed by atoms with Gasteiger partial charge in [0.2, 0.25) is 10.0 Å². The molecule has 228 valence electrons. The van der Waals surface area contributed by atoms with Gasteiger partial charge in [-0.1, -0.05) is 49.1 Å². The van der Waals surface area contributed by atoms with E-state index in [1.807, 2.05) is 30.3 Å². The number of aliphatic hydroxyl groups excluding tert-OH is 1. The van der Waals surface area contributed by atoms with Crippen LogP contribution in [0.5, 0.6) is 11.5 Å². The zero-order valence-electron chi connectivity index (χ0n) is 23.8. The third-order valence-electron chi connectivity index (χ3n) is 7.43. The van der Waals surface area contributed by atoms with Crippen molar-refractivity contribution in [2.24, 2.45) is 11.8 Å². The first-order valence-corrected chi connectivity index (χ1v) is 15.4. The lowest BCUT2D eigenvalue weighted by molar-refractivity contribution is -0.153. The Hall–Kier alpha value is -3.22. The van der Waals surface area contributed by atoms with E-state index < -0.39 is 34.1 Å². The number of ether oxygens (including phenoxy) is 5. The highest BCUT2D eigenvalue weighted by atomic mass is 32.2. The summed E-state index contributed by atoms with van der Waals surface area (Å²) >= 11 is 0. The summed E-state index contributed by atoms with van der Waals surface area (Å²) < 4.78 is 56.7. The largest absolute Gasteiger partial charge is 0.497 e. The number of aliphatic hydroxyl groups is 1. The minimum absolute atomic E-state index is 0.0123. The van der Waals surface area contributed by atoms with Gasteiger partial charge in [0.25, 0.3) is 0 Å². The summed E-state index contributed by atoms with van der Waals surface area (Å²) in [6.45, 7) is 7.88. The van der Waals surface area contributed by atoms with Crippen molar-refractivity contribution in [1.82, 2.24) is 4.31 Å². The monoisotopic (exact) mass is 601 g/mol. The smallest absolute Gasteiger partial charge is 0.306 e. The number of rotatable bonds is 16. The Kier molecular flexibility index (Phi) is 11.2. The van der Waals surface area contributed by atoms with Gasteiger partial charge in [-0.15, -0.1) is 6.58 Å². The number of carbonyl (C=O) groups excluding carboxylic acids is 1. The van der Waals surface area contributed by atoms with Crippen LogP contribution in [0.4, 0.5) is 0 Å². The highest BCUT2D eigenvalue weighted by molar-refractivity contribution is 7.89. The molecule has 0 aromatic heterocycles. The molecule has 2 heterocycles. The van der Waals surface area contributed by atoms with Crippen LogP contribution >= 0.6 is 0 Å². The summed E-state index contributed by atoms with van der Waals surface area (Å²) in [5.74, 6) is -0.609. The van der Waals surface area contributed by atoms with Crippen LogP contribution in [0.2, 0.25) is 0 Å². The van der Waals surface area contributed by atoms with Gasteiger partial charge in [-0.25, -0.2) is 8.42 Å². The van der Waals surface area contributed by atoms with Gasteiger partial charge >= 0.3 is 5.97 Å². The van der Waals surface area contributed by atoms with Gasteiger partial charge in [0, 0.05) is 25.1 Å². The SMILES string of the molecule is C=CCOc1cc(OC)ccc1S(=O)(=O)N(CC=C)C[C@@H](O)[C@@H](CC(=O)OC1CO[C@H]2OCCC12)Cc1ccccc1. The molecular weight excluding hydrogens is 562 g/mol. The van der Waals surface area contributed by atoms with E-state index in [4.69, 9.17) is 23.7 Å². The summed E-state index contributed by atoms with van der Waals surface area (Å²) in [5.41, 5.74) is 0.899. The maximum Gasteiger partial charge on any atom is 0.306 e. The predicted molar refractivity (Wildman–Crippen MR) is 156 cm³/mol. The quantitative estimate of drug-likeness (QED) is 0.228. The molecule has 2 aliphatic heterocycles. The van der Waals surface area contributed by atoms with E-state index >= 15 is 0 Å². The van der Waals surface area contributed by atoms with Crippen LogP contribution in [0.25, 0.3) is 0 Å². The first-order valence-electron chi connectivity index (χ1n) is 13.9. The van der Waals surface area contributed by atoms with E-state index in [2.05, 4.69) is 13.2 Å². The van der Waals surface area contributed by atoms with E-state index in [-0.39, 0.29) is 55.6 Å². The van der Waals surface area contributed by atoms with Crippen molar-refractivity contribution in [1.29, 1.82) is 0 Å². The molecule has 1 N–H and O–H groups in total. The molecule has 2 aromatic rings. The van der Waals surface area contributed by atoms with Crippen LogP contribution in [0.1, 0.15) is 18.4 Å². The Morgan fingerprint density at radius 1 is 1.17 bits per heavy atom. The Morgan fingerprint density at radius 2 is 1.95 bits per heavy atom. The van der Waals surface area contributed by atoms with E-state index in [0.29, 0.717) is 18.8 Å². The minimum Gasteiger partial charge on any atom is -0.497 e. The molecular formula is C31H39NO9S. The van der Waals surface area contributed by atoms with E-state index in [9.17, 15) is 18.3 Å². The number of nitrogens with zero attached hydrogens (tertiary/aromatic N) is 1. The highest BCUT2D eigenvalue weighted by Crippen LogP contribution is 2.34. The van der Waals surface area contributed by atoms with Crippen LogP contribution in [0.3, 0.4) is 0 Å². The molecule has 2 unspecified atom stereocenters. The topological polar surface area (TPSA) is 121 Å². The third-order valence-corrected chi connectivity index (χ3v) is 9.30. The third kappa shape index (κ3) is 7.78. The number of carbonyl (C=O) groups is 1. The molecule has 11 heteroatoms. The first-order chi connectivity index (χ1) is 20.3. The van der Waals surface area contributed by atoms with Crippen molar-refractivity contribution < 1.29 is 42.0 Å². The van der Waals surface area contributed by atoms with Gasteiger partial charge in [-0.3, -0.25) is 4.79 Å². The van der Waals surface area contributed by atoms with Crippen LogP contribution in [0.15, 0.2) is 78.7 Å². The lowest BCUT2D eigenvalue weighted by Gasteiger charge is -2.29. The predicted octanol–water partition coefficient (Wildman–Crippen LogP) is 3.35. The Bertz CT molecular complexity index is 1320. The Labute approximate surface area is 247 Å². The average Bonchev–Trinajstić information content (AvgIpc) is 3.61. The second-order valence-electron chi connectivity index (χ2n) is 10.3. The fraction of sp³-hybridized carbons (Fsp3) is 0.452. The van der Waals surface area contributed by atoms with E-state index in [1.54, 1.807) is 0 Å². The molecule has 10 nitrogen and oxygen atoms in total. The maximum atomic E-state index is 13.9. The number of esters is 1. The number of sulfonamides is 1. The van der Waals surface area contributed by atoms with Crippen molar-refractivity contribution in [2.75, 3.05) is 40.0 Å². The molecule has 0 radical (unpaired) electrons. The molecule has 2 aromatic carbocycles. The lowest BCUT2D eigenvalue weighted by Crippen LogP contribution is -2.42. The number of fused-ring (bicyclic) bond motifs is 1.